The Hall–Kier alpha value is -0.590. The number of halogens is 3. The normalized spacial score (nSPS) is 11.1. The Kier molecular flexibility index (Phi) is 5.09. The van der Waals surface area contributed by atoms with E-state index >= 15 is 0 Å². The summed E-state index contributed by atoms with van der Waals surface area (Å²) in [5.41, 5.74) is 1.65. The molecule has 1 aromatic heterocycles. The second kappa shape index (κ2) is 6.45. The van der Waals surface area contributed by atoms with Crippen molar-refractivity contribution in [3.63, 3.8) is 0 Å². The van der Waals surface area contributed by atoms with E-state index in [1.807, 2.05) is 6.07 Å². The van der Waals surface area contributed by atoms with Crippen molar-refractivity contribution < 1.29 is 4.39 Å². The van der Waals surface area contributed by atoms with Crippen LogP contribution in [-0.4, -0.2) is 9.97 Å². The first-order valence-corrected chi connectivity index (χ1v) is 8.11. The van der Waals surface area contributed by atoms with Gasteiger partial charge in [-0.2, -0.15) is 0 Å². The fraction of sp³-hybridized carbons (Fsp3) is 0.286. The van der Waals surface area contributed by atoms with Crippen LogP contribution in [-0.2, 0) is 6.42 Å². The Morgan fingerprint density at radius 2 is 2.00 bits per heavy atom. The van der Waals surface area contributed by atoms with Crippen LogP contribution in [0.15, 0.2) is 27.1 Å². The molecule has 0 saturated heterocycles. The van der Waals surface area contributed by atoms with E-state index in [0.29, 0.717) is 26.4 Å². The Morgan fingerprint density at radius 1 is 1.30 bits per heavy atom. The maximum absolute atomic E-state index is 13.5. The van der Waals surface area contributed by atoms with E-state index in [1.165, 1.54) is 12.1 Å². The average molecular weight is 420 g/mol. The van der Waals surface area contributed by atoms with E-state index in [4.69, 9.17) is 12.2 Å². The van der Waals surface area contributed by atoms with Crippen molar-refractivity contribution in [2.45, 2.75) is 20.3 Å². The molecule has 0 aliphatic rings. The molecule has 1 N–H and O–H groups in total. The third-order valence-corrected chi connectivity index (χ3v) is 4.55. The fourth-order valence-electron chi connectivity index (χ4n) is 1.88. The van der Waals surface area contributed by atoms with Crippen molar-refractivity contribution in [3.8, 4) is 11.4 Å². The van der Waals surface area contributed by atoms with Gasteiger partial charge in [-0.05, 0) is 46.5 Å². The van der Waals surface area contributed by atoms with E-state index < -0.39 is 0 Å². The van der Waals surface area contributed by atoms with Gasteiger partial charge in [0.2, 0.25) is 0 Å². The number of hydrogen-bond donors (Lipinski definition) is 1. The van der Waals surface area contributed by atoms with Crippen molar-refractivity contribution >= 4 is 44.1 Å². The molecule has 0 spiro atoms. The number of H-pyrrole nitrogens is 1. The minimum absolute atomic E-state index is 0.316. The quantitative estimate of drug-likeness (QED) is 0.649. The SMILES string of the molecule is CC(C)Cc1[nH]c(-c2cc(F)cc(Br)c2)nc(=S)c1Br. The van der Waals surface area contributed by atoms with Gasteiger partial charge in [0.25, 0.3) is 0 Å². The number of nitrogens with zero attached hydrogens (tertiary/aromatic N) is 1. The highest BCUT2D eigenvalue weighted by Crippen LogP contribution is 2.26. The van der Waals surface area contributed by atoms with E-state index in [-0.39, 0.29) is 5.82 Å². The molecule has 0 unspecified atom stereocenters. The molecule has 0 aliphatic carbocycles. The average Bonchev–Trinajstić information content (AvgIpc) is 2.32. The van der Waals surface area contributed by atoms with E-state index in [2.05, 4.69) is 55.7 Å². The van der Waals surface area contributed by atoms with E-state index in [9.17, 15) is 4.39 Å². The highest BCUT2D eigenvalue weighted by atomic mass is 79.9. The zero-order chi connectivity index (χ0) is 14.9. The molecular formula is C14H13Br2FN2S. The highest BCUT2D eigenvalue weighted by Gasteiger charge is 2.11. The Balaban J connectivity index is 2.57. The molecule has 6 heteroatoms. The van der Waals surface area contributed by atoms with Gasteiger partial charge in [0.1, 0.15) is 16.3 Å². The number of hydrogen-bond acceptors (Lipinski definition) is 2. The van der Waals surface area contributed by atoms with Gasteiger partial charge in [-0.1, -0.05) is 42.0 Å². The minimum Gasteiger partial charge on any atom is -0.342 e. The van der Waals surface area contributed by atoms with Gasteiger partial charge < -0.3 is 4.98 Å². The highest BCUT2D eigenvalue weighted by molar-refractivity contribution is 9.10. The summed E-state index contributed by atoms with van der Waals surface area (Å²) < 4.78 is 15.5. The predicted molar refractivity (Wildman–Crippen MR) is 88.8 cm³/mol. The molecule has 106 valence electrons. The zero-order valence-corrected chi connectivity index (χ0v) is 15.0. The van der Waals surface area contributed by atoms with E-state index in [1.54, 1.807) is 0 Å². The summed E-state index contributed by atoms with van der Waals surface area (Å²) in [5, 5.41) is 0. The second-order valence-corrected chi connectivity index (χ2v) is 7.03. The predicted octanol–water partition coefficient (Wildman–Crippen LogP) is 5.67. The summed E-state index contributed by atoms with van der Waals surface area (Å²) in [6, 6.07) is 4.65. The first-order chi connectivity index (χ1) is 9.36. The lowest BCUT2D eigenvalue weighted by Crippen LogP contribution is -2.02. The molecule has 0 radical (unpaired) electrons. The molecule has 0 amide bonds. The molecule has 0 atom stereocenters. The monoisotopic (exact) mass is 418 g/mol. The molecule has 1 aromatic carbocycles. The fourth-order valence-corrected chi connectivity index (χ4v) is 2.91. The summed E-state index contributed by atoms with van der Waals surface area (Å²) in [5.74, 6) is 0.740. The molecule has 2 aromatic rings. The summed E-state index contributed by atoms with van der Waals surface area (Å²) in [4.78, 5) is 7.56. The van der Waals surface area contributed by atoms with Gasteiger partial charge >= 0.3 is 0 Å². The maximum atomic E-state index is 13.5. The van der Waals surface area contributed by atoms with Crippen molar-refractivity contribution in [2.24, 2.45) is 5.92 Å². The number of nitrogens with one attached hydrogen (secondary N) is 1. The summed E-state index contributed by atoms with van der Waals surface area (Å²) in [6.45, 7) is 4.25. The number of aromatic nitrogens is 2. The van der Waals surface area contributed by atoms with Crippen LogP contribution < -0.4 is 0 Å². The molecule has 1 heterocycles. The summed E-state index contributed by atoms with van der Waals surface area (Å²) in [6.07, 6.45) is 0.843. The Morgan fingerprint density at radius 3 is 2.60 bits per heavy atom. The zero-order valence-electron chi connectivity index (χ0n) is 11.0. The molecule has 20 heavy (non-hydrogen) atoms. The van der Waals surface area contributed by atoms with Gasteiger partial charge in [-0.15, -0.1) is 0 Å². The van der Waals surface area contributed by atoms with Crippen molar-refractivity contribution in [3.05, 3.63) is 43.3 Å². The molecule has 0 aliphatic heterocycles. The molecule has 0 bridgehead atoms. The Bertz CT molecular complexity index is 678. The lowest BCUT2D eigenvalue weighted by Gasteiger charge is -2.11. The summed E-state index contributed by atoms with van der Waals surface area (Å²) in [7, 11) is 0. The van der Waals surface area contributed by atoms with Crippen LogP contribution >= 0.6 is 44.1 Å². The first kappa shape index (κ1) is 15.8. The topological polar surface area (TPSA) is 28.7 Å². The standard InChI is InChI=1S/C14H13Br2FN2S/c1-7(2)3-11-12(16)14(20)19-13(18-11)8-4-9(15)6-10(17)5-8/h4-7H,3H2,1-2H3,(H,18,19,20). The molecule has 0 fully saturated rings. The van der Waals surface area contributed by atoms with Crippen LogP contribution in [0.3, 0.4) is 0 Å². The maximum Gasteiger partial charge on any atom is 0.144 e. The van der Waals surface area contributed by atoms with Crippen LogP contribution in [0.2, 0.25) is 0 Å². The van der Waals surface area contributed by atoms with Crippen LogP contribution in [0.25, 0.3) is 11.4 Å². The minimum atomic E-state index is -0.316. The third-order valence-electron chi connectivity index (χ3n) is 2.68. The first-order valence-electron chi connectivity index (χ1n) is 6.12. The lowest BCUT2D eigenvalue weighted by molar-refractivity contribution is 0.626. The molecular weight excluding hydrogens is 407 g/mol. The smallest absolute Gasteiger partial charge is 0.144 e. The second-order valence-electron chi connectivity index (χ2n) is 4.94. The lowest BCUT2D eigenvalue weighted by atomic mass is 10.1. The van der Waals surface area contributed by atoms with Gasteiger partial charge in [-0.3, -0.25) is 0 Å². The van der Waals surface area contributed by atoms with Crippen LogP contribution in [0.4, 0.5) is 4.39 Å². The third kappa shape index (κ3) is 3.74. The van der Waals surface area contributed by atoms with Crippen molar-refractivity contribution in [1.82, 2.24) is 9.97 Å². The van der Waals surface area contributed by atoms with Crippen molar-refractivity contribution in [1.29, 1.82) is 0 Å². The van der Waals surface area contributed by atoms with Gasteiger partial charge in [0.05, 0.1) is 4.47 Å². The van der Waals surface area contributed by atoms with Gasteiger partial charge in [0.15, 0.2) is 0 Å². The summed E-state index contributed by atoms with van der Waals surface area (Å²) >= 11 is 12.0. The molecule has 2 rings (SSSR count). The van der Waals surface area contributed by atoms with Gasteiger partial charge in [0, 0.05) is 15.7 Å². The van der Waals surface area contributed by atoms with Gasteiger partial charge in [-0.25, -0.2) is 9.37 Å². The van der Waals surface area contributed by atoms with Crippen LogP contribution in [0, 0.1) is 16.4 Å². The number of rotatable bonds is 3. The molecule has 2 nitrogen and oxygen atoms in total. The van der Waals surface area contributed by atoms with E-state index in [0.717, 1.165) is 16.6 Å². The number of benzene rings is 1. The Labute approximate surface area is 139 Å². The molecule has 0 saturated carbocycles. The largest absolute Gasteiger partial charge is 0.342 e. The number of aromatic amines is 1. The van der Waals surface area contributed by atoms with Crippen molar-refractivity contribution in [2.75, 3.05) is 0 Å². The van der Waals surface area contributed by atoms with Crippen LogP contribution in [0.5, 0.6) is 0 Å². The van der Waals surface area contributed by atoms with Crippen LogP contribution in [0.1, 0.15) is 19.5 Å².